The molecule has 1 amide bonds. The second-order valence-electron chi connectivity index (χ2n) is 7.12. The van der Waals surface area contributed by atoms with Crippen LogP contribution in [0.5, 0.6) is 0 Å². The lowest BCUT2D eigenvalue weighted by Crippen LogP contribution is -2.24. The molecule has 0 aliphatic heterocycles. The Hall–Kier alpha value is -3.39. The van der Waals surface area contributed by atoms with Crippen molar-refractivity contribution < 1.29 is 19.5 Å². The van der Waals surface area contributed by atoms with E-state index in [9.17, 15) is 14.4 Å². The fourth-order valence-electron chi connectivity index (χ4n) is 2.93. The summed E-state index contributed by atoms with van der Waals surface area (Å²) >= 11 is 0. The first-order valence-electron chi connectivity index (χ1n) is 9.47. The number of hydrogen-bond donors (Lipinski definition) is 2. The number of carboxylic acids is 1. The van der Waals surface area contributed by atoms with Crippen molar-refractivity contribution in [2.75, 3.05) is 5.32 Å². The maximum atomic E-state index is 12.3. The third-order valence-electron chi connectivity index (χ3n) is 4.50. The molecule has 2 aromatic rings. The molecule has 1 atom stereocenters. The number of carbonyl (C=O) groups excluding carboxylic acids is 2. The minimum atomic E-state index is -0.928. The van der Waals surface area contributed by atoms with E-state index in [4.69, 9.17) is 5.11 Å². The number of anilines is 1. The molecule has 0 aromatic heterocycles. The molecule has 29 heavy (non-hydrogen) atoms. The second kappa shape index (κ2) is 10.2. The number of ketones is 1. The van der Waals surface area contributed by atoms with Crippen molar-refractivity contribution in [1.29, 1.82) is 0 Å². The van der Waals surface area contributed by atoms with Crippen LogP contribution in [0.4, 0.5) is 5.69 Å². The SMILES string of the molecule is CC#C[C@H](CC(=O)O)c1ccc(NC(=O)C(=O)Cc2cccc(C(C)C)c2)cc1. The molecular weight excluding hydrogens is 366 g/mol. The van der Waals surface area contributed by atoms with Gasteiger partial charge in [0, 0.05) is 12.1 Å². The summed E-state index contributed by atoms with van der Waals surface area (Å²) in [5, 5.41) is 11.6. The number of hydrogen-bond acceptors (Lipinski definition) is 3. The van der Waals surface area contributed by atoms with Gasteiger partial charge in [-0.1, -0.05) is 56.2 Å². The predicted molar refractivity (Wildman–Crippen MR) is 113 cm³/mol. The minimum Gasteiger partial charge on any atom is -0.481 e. The smallest absolute Gasteiger partial charge is 0.304 e. The predicted octanol–water partition coefficient (Wildman–Crippen LogP) is 4.14. The van der Waals surface area contributed by atoms with Gasteiger partial charge >= 0.3 is 5.97 Å². The molecule has 2 aromatic carbocycles. The molecule has 0 saturated heterocycles. The minimum absolute atomic E-state index is 0.0389. The Morgan fingerprint density at radius 3 is 2.31 bits per heavy atom. The molecule has 0 spiro atoms. The van der Waals surface area contributed by atoms with Gasteiger partial charge in [-0.25, -0.2) is 0 Å². The number of aliphatic carboxylic acids is 1. The highest BCUT2D eigenvalue weighted by Crippen LogP contribution is 2.21. The van der Waals surface area contributed by atoms with E-state index in [0.717, 1.165) is 16.7 Å². The van der Waals surface area contributed by atoms with Crippen LogP contribution in [-0.4, -0.2) is 22.8 Å². The lowest BCUT2D eigenvalue weighted by atomic mass is 9.96. The summed E-state index contributed by atoms with van der Waals surface area (Å²) in [5.41, 5.74) is 3.15. The molecule has 5 heteroatoms. The number of benzene rings is 2. The van der Waals surface area contributed by atoms with E-state index in [-0.39, 0.29) is 12.8 Å². The van der Waals surface area contributed by atoms with Gasteiger partial charge in [0.1, 0.15) is 0 Å². The highest BCUT2D eigenvalue weighted by Gasteiger charge is 2.16. The highest BCUT2D eigenvalue weighted by molar-refractivity contribution is 6.41. The van der Waals surface area contributed by atoms with Crippen LogP contribution in [0, 0.1) is 11.8 Å². The van der Waals surface area contributed by atoms with E-state index in [1.807, 2.05) is 24.3 Å². The summed E-state index contributed by atoms with van der Waals surface area (Å²) in [6, 6.07) is 14.4. The van der Waals surface area contributed by atoms with Crippen LogP contribution in [0.3, 0.4) is 0 Å². The lowest BCUT2D eigenvalue weighted by Gasteiger charge is -2.11. The van der Waals surface area contributed by atoms with Crippen molar-refractivity contribution in [3.63, 3.8) is 0 Å². The molecule has 0 unspecified atom stereocenters. The topological polar surface area (TPSA) is 83.5 Å². The van der Waals surface area contributed by atoms with Crippen molar-refractivity contribution in [2.24, 2.45) is 0 Å². The molecule has 0 saturated carbocycles. The van der Waals surface area contributed by atoms with Crippen LogP contribution in [0.15, 0.2) is 48.5 Å². The summed E-state index contributed by atoms with van der Waals surface area (Å²) in [5.74, 6) is 3.42. The number of Topliss-reactive ketones (excluding diaryl/α,β-unsaturated/α-hetero) is 1. The van der Waals surface area contributed by atoms with E-state index < -0.39 is 23.6 Å². The molecule has 0 bridgehead atoms. The zero-order valence-corrected chi connectivity index (χ0v) is 16.9. The molecule has 0 radical (unpaired) electrons. The first-order valence-corrected chi connectivity index (χ1v) is 9.47. The Morgan fingerprint density at radius 2 is 1.72 bits per heavy atom. The van der Waals surface area contributed by atoms with E-state index in [2.05, 4.69) is 31.0 Å². The first-order chi connectivity index (χ1) is 13.8. The van der Waals surface area contributed by atoms with Crippen LogP contribution in [0.25, 0.3) is 0 Å². The van der Waals surface area contributed by atoms with Gasteiger partial charge in [0.25, 0.3) is 5.91 Å². The zero-order chi connectivity index (χ0) is 21.4. The zero-order valence-electron chi connectivity index (χ0n) is 16.9. The third-order valence-corrected chi connectivity index (χ3v) is 4.50. The van der Waals surface area contributed by atoms with Gasteiger partial charge in [-0.05, 0) is 41.7 Å². The van der Waals surface area contributed by atoms with Gasteiger partial charge in [-0.15, -0.1) is 5.92 Å². The number of carboxylic acid groups (broad SMARTS) is 1. The Bertz CT molecular complexity index is 949. The Kier molecular flexibility index (Phi) is 7.73. The van der Waals surface area contributed by atoms with Crippen molar-refractivity contribution in [3.8, 4) is 11.8 Å². The largest absolute Gasteiger partial charge is 0.481 e. The molecule has 150 valence electrons. The molecule has 2 N–H and O–H groups in total. The number of nitrogens with one attached hydrogen (secondary N) is 1. The normalized spacial score (nSPS) is 11.3. The second-order valence-corrected chi connectivity index (χ2v) is 7.12. The van der Waals surface area contributed by atoms with Crippen molar-refractivity contribution >= 4 is 23.3 Å². The maximum absolute atomic E-state index is 12.3. The van der Waals surface area contributed by atoms with Gasteiger partial charge < -0.3 is 10.4 Å². The van der Waals surface area contributed by atoms with E-state index in [1.54, 1.807) is 31.2 Å². The average molecular weight is 391 g/mol. The van der Waals surface area contributed by atoms with Gasteiger partial charge in [-0.2, -0.15) is 0 Å². The number of amides is 1. The summed E-state index contributed by atoms with van der Waals surface area (Å²) in [6.45, 7) is 5.81. The standard InChI is InChI=1S/C24H25NO4/c1-4-6-20(15-23(27)28)18-9-11-21(12-10-18)25-24(29)22(26)14-17-7-5-8-19(13-17)16(2)3/h5,7-13,16,20H,14-15H2,1-3H3,(H,25,29)(H,27,28)/t20-/m1/s1. The Labute approximate surface area is 171 Å². The van der Waals surface area contributed by atoms with E-state index in [0.29, 0.717) is 11.6 Å². The third kappa shape index (κ3) is 6.62. The summed E-state index contributed by atoms with van der Waals surface area (Å²) in [4.78, 5) is 35.5. The molecule has 2 rings (SSSR count). The van der Waals surface area contributed by atoms with Crippen molar-refractivity contribution in [1.82, 2.24) is 0 Å². The van der Waals surface area contributed by atoms with E-state index >= 15 is 0 Å². The number of carbonyl (C=O) groups is 3. The van der Waals surface area contributed by atoms with Gasteiger partial charge in [0.2, 0.25) is 5.78 Å². The molecule has 0 aliphatic rings. The molecular formula is C24H25NO4. The van der Waals surface area contributed by atoms with Crippen LogP contribution in [0.2, 0.25) is 0 Å². The summed E-state index contributed by atoms with van der Waals surface area (Å²) in [6.07, 6.45) is -0.0578. The fraction of sp³-hybridized carbons (Fsp3) is 0.292. The summed E-state index contributed by atoms with van der Waals surface area (Å²) < 4.78 is 0. The molecule has 0 fully saturated rings. The Morgan fingerprint density at radius 1 is 1.03 bits per heavy atom. The summed E-state index contributed by atoms with van der Waals surface area (Å²) in [7, 11) is 0. The number of rotatable bonds is 8. The Balaban J connectivity index is 2.02. The highest BCUT2D eigenvalue weighted by atomic mass is 16.4. The monoisotopic (exact) mass is 391 g/mol. The fourth-order valence-corrected chi connectivity index (χ4v) is 2.93. The average Bonchev–Trinajstić information content (AvgIpc) is 2.68. The van der Waals surface area contributed by atoms with Crippen LogP contribution < -0.4 is 5.32 Å². The van der Waals surface area contributed by atoms with Crippen LogP contribution in [0.1, 0.15) is 55.7 Å². The van der Waals surface area contributed by atoms with Crippen molar-refractivity contribution in [3.05, 3.63) is 65.2 Å². The lowest BCUT2D eigenvalue weighted by molar-refractivity contribution is -0.137. The van der Waals surface area contributed by atoms with Crippen LogP contribution in [-0.2, 0) is 20.8 Å². The quantitative estimate of drug-likeness (QED) is 0.523. The van der Waals surface area contributed by atoms with Crippen molar-refractivity contribution in [2.45, 2.75) is 45.4 Å². The maximum Gasteiger partial charge on any atom is 0.304 e. The van der Waals surface area contributed by atoms with Gasteiger partial charge in [-0.3, -0.25) is 14.4 Å². The van der Waals surface area contributed by atoms with Crippen LogP contribution >= 0.6 is 0 Å². The van der Waals surface area contributed by atoms with E-state index in [1.165, 1.54) is 0 Å². The first kappa shape index (κ1) is 21.9. The van der Waals surface area contributed by atoms with Gasteiger partial charge in [0.05, 0.1) is 12.3 Å². The molecule has 0 heterocycles. The molecule has 5 nitrogen and oxygen atoms in total. The molecule has 0 aliphatic carbocycles. The van der Waals surface area contributed by atoms with Gasteiger partial charge in [0.15, 0.2) is 0 Å².